The van der Waals surface area contributed by atoms with Crippen LogP contribution < -0.4 is 5.32 Å². The van der Waals surface area contributed by atoms with Crippen LogP contribution in [0.3, 0.4) is 0 Å². The van der Waals surface area contributed by atoms with Gasteiger partial charge in [-0.25, -0.2) is 9.59 Å². The van der Waals surface area contributed by atoms with E-state index in [1.165, 1.54) is 34.6 Å². The molecule has 1 saturated heterocycles. The van der Waals surface area contributed by atoms with Gasteiger partial charge in [0.05, 0.1) is 0 Å². The van der Waals surface area contributed by atoms with Gasteiger partial charge >= 0.3 is 11.9 Å². The van der Waals surface area contributed by atoms with Gasteiger partial charge in [-0.05, 0) is 23.6 Å². The number of rotatable bonds is 9. The fourth-order valence-corrected chi connectivity index (χ4v) is 6.01. The Bertz CT molecular complexity index is 790. The molecule has 2 atom stereocenters. The van der Waals surface area contributed by atoms with Crippen molar-refractivity contribution in [1.29, 1.82) is 0 Å². The van der Waals surface area contributed by atoms with Crippen LogP contribution >= 0.6 is 33.2 Å². The third-order valence-electron chi connectivity index (χ3n) is 4.28. The number of carboxylic acid groups (broad SMARTS) is 2. The minimum absolute atomic E-state index is 0.0367. The van der Waals surface area contributed by atoms with Gasteiger partial charge in [-0.2, -0.15) is 0 Å². The molecule has 29 heavy (non-hydrogen) atoms. The molecule has 1 fully saturated rings. The number of nitrogens with zero attached hydrogens (tertiary/aromatic N) is 1. The predicted octanol–water partition coefficient (Wildman–Crippen LogP) is 2.90. The Morgan fingerprint density at radius 3 is 2.69 bits per heavy atom. The highest BCUT2D eigenvalue weighted by atomic mass is 35.5. The first-order chi connectivity index (χ1) is 13.8. The zero-order chi connectivity index (χ0) is 21.4. The van der Waals surface area contributed by atoms with E-state index in [1.807, 2.05) is 24.3 Å². The second-order valence-electron chi connectivity index (χ2n) is 6.61. The molecule has 1 amide bonds. The summed E-state index contributed by atoms with van der Waals surface area (Å²) in [6, 6.07) is 6.60. The van der Waals surface area contributed by atoms with E-state index < -0.39 is 23.9 Å². The van der Waals surface area contributed by atoms with Crippen molar-refractivity contribution in [3.05, 3.63) is 46.5 Å². The van der Waals surface area contributed by atoms with E-state index in [1.54, 1.807) is 0 Å². The zero-order valence-electron chi connectivity index (χ0n) is 15.8. The monoisotopic (exact) mass is 458 g/mol. The smallest absolute Gasteiger partial charge is 0.328 e. The van der Waals surface area contributed by atoms with Gasteiger partial charge in [0, 0.05) is 48.7 Å². The van der Waals surface area contributed by atoms with E-state index in [-0.39, 0.29) is 11.0 Å². The van der Waals surface area contributed by atoms with Gasteiger partial charge in [0.2, 0.25) is 5.91 Å². The van der Waals surface area contributed by atoms with Gasteiger partial charge < -0.3 is 15.5 Å². The van der Waals surface area contributed by atoms with Gasteiger partial charge in [-0.3, -0.25) is 9.69 Å². The molecule has 1 aliphatic rings. The molecule has 0 spiro atoms. The molecule has 0 aliphatic carbocycles. The third-order valence-corrected chi connectivity index (χ3v) is 7.54. The van der Waals surface area contributed by atoms with Crippen LogP contribution in [0.25, 0.3) is 0 Å². The Morgan fingerprint density at radius 2 is 2.07 bits per heavy atom. The number of halogens is 1. The minimum Gasteiger partial charge on any atom is -0.480 e. The number of aliphatic carboxylic acids is 2. The zero-order valence-corrected chi connectivity index (χ0v) is 18.2. The van der Waals surface area contributed by atoms with Crippen molar-refractivity contribution >= 4 is 51.0 Å². The average Bonchev–Trinajstić information content (AvgIpc) is 2.63. The molecule has 1 aliphatic heterocycles. The number of carbonyl (C=O) groups excluding carboxylic acids is 1. The number of piperidine rings is 1. The fourth-order valence-electron chi connectivity index (χ4n) is 2.94. The van der Waals surface area contributed by atoms with Crippen LogP contribution in [0.1, 0.15) is 18.9 Å². The lowest BCUT2D eigenvalue weighted by Gasteiger charge is -2.34. The first kappa shape index (κ1) is 23.6. The van der Waals surface area contributed by atoms with Crippen molar-refractivity contribution in [1.82, 2.24) is 10.2 Å². The highest BCUT2D eigenvalue weighted by Gasteiger charge is 2.27. The van der Waals surface area contributed by atoms with Crippen LogP contribution in [0.15, 0.2) is 35.9 Å². The summed E-state index contributed by atoms with van der Waals surface area (Å²) in [7, 11) is 2.77. The van der Waals surface area contributed by atoms with Crippen LogP contribution in [0.2, 0.25) is 5.02 Å². The Labute approximate surface area is 182 Å². The van der Waals surface area contributed by atoms with Crippen LogP contribution in [-0.4, -0.2) is 63.1 Å². The first-order valence-corrected chi connectivity index (χ1v) is 11.7. The highest BCUT2D eigenvalue weighted by Crippen LogP contribution is 2.37. The molecule has 7 nitrogen and oxygen atoms in total. The van der Waals surface area contributed by atoms with Gasteiger partial charge in [0.15, 0.2) is 0 Å². The van der Waals surface area contributed by atoms with Crippen molar-refractivity contribution in [2.75, 3.05) is 18.8 Å². The normalized spacial score (nSPS) is 19.7. The maximum Gasteiger partial charge on any atom is 0.328 e. The molecule has 1 aromatic rings. The van der Waals surface area contributed by atoms with E-state index in [0.717, 1.165) is 24.1 Å². The van der Waals surface area contributed by atoms with Gasteiger partial charge in [-0.1, -0.05) is 51.4 Å². The summed E-state index contributed by atoms with van der Waals surface area (Å²) >= 11 is 6.23. The standard InChI is InChI=1S/C19H23ClN2O5S2/c1-12(23)21-16(19(26)27)11-28-29-17-6-7-22(10-14(17)8-18(24)25)9-13-4-2-3-5-15(13)20/h2-5,8,16-17H,6-7,9-11H2,1H3,(H,21,23)(H,24,25)(H,26,27)/t16-,17?/m0/s1. The fraction of sp³-hybridized carbons (Fsp3) is 0.421. The lowest BCUT2D eigenvalue weighted by Crippen LogP contribution is -2.41. The number of carbonyl (C=O) groups is 3. The van der Waals surface area contributed by atoms with Crippen molar-refractivity contribution in [2.45, 2.75) is 31.2 Å². The number of nitrogens with one attached hydrogen (secondary N) is 1. The second-order valence-corrected chi connectivity index (χ2v) is 9.63. The summed E-state index contributed by atoms with van der Waals surface area (Å²) in [6.07, 6.45) is 1.97. The van der Waals surface area contributed by atoms with Crippen LogP contribution in [0.4, 0.5) is 0 Å². The number of likely N-dealkylation sites (tertiary alicyclic amines) is 1. The van der Waals surface area contributed by atoms with Gasteiger partial charge in [0.1, 0.15) is 6.04 Å². The maximum absolute atomic E-state index is 11.3. The Balaban J connectivity index is 1.97. The minimum atomic E-state index is -1.09. The molecule has 0 saturated carbocycles. The van der Waals surface area contributed by atoms with Crippen LogP contribution in [0.5, 0.6) is 0 Å². The molecule has 1 heterocycles. The maximum atomic E-state index is 11.3. The molecular weight excluding hydrogens is 436 g/mol. The quantitative estimate of drug-likeness (QED) is 0.383. The summed E-state index contributed by atoms with van der Waals surface area (Å²) in [4.78, 5) is 35.8. The summed E-state index contributed by atoms with van der Waals surface area (Å²) in [5.74, 6) is -2.30. The Hall–Kier alpha value is -1.68. The van der Waals surface area contributed by atoms with Gasteiger partial charge in [0.25, 0.3) is 0 Å². The molecule has 1 aromatic carbocycles. The Morgan fingerprint density at radius 1 is 1.34 bits per heavy atom. The van der Waals surface area contributed by atoms with E-state index >= 15 is 0 Å². The van der Waals surface area contributed by atoms with E-state index in [4.69, 9.17) is 11.6 Å². The number of carboxylic acids is 2. The molecule has 0 radical (unpaired) electrons. The van der Waals surface area contributed by atoms with Gasteiger partial charge in [-0.15, -0.1) is 0 Å². The average molecular weight is 459 g/mol. The summed E-state index contributed by atoms with van der Waals surface area (Å²) < 4.78 is 0. The second kappa shape index (κ2) is 11.5. The van der Waals surface area contributed by atoms with E-state index in [2.05, 4.69) is 10.2 Å². The van der Waals surface area contributed by atoms with Crippen molar-refractivity contribution < 1.29 is 24.6 Å². The lowest BCUT2D eigenvalue weighted by molar-refractivity contribution is -0.140. The molecule has 1 unspecified atom stereocenters. The third kappa shape index (κ3) is 7.93. The van der Waals surface area contributed by atoms with Crippen LogP contribution in [-0.2, 0) is 20.9 Å². The topological polar surface area (TPSA) is 107 Å². The van der Waals surface area contributed by atoms with Crippen molar-refractivity contribution in [3.8, 4) is 0 Å². The van der Waals surface area contributed by atoms with E-state index in [0.29, 0.717) is 18.1 Å². The largest absolute Gasteiger partial charge is 0.480 e. The SMILES string of the molecule is CC(=O)N[C@@H](CSSC1CCN(Cc2ccccc2Cl)CC1=CC(=O)O)C(=O)O. The Kier molecular flexibility index (Phi) is 9.35. The predicted molar refractivity (Wildman–Crippen MR) is 116 cm³/mol. The number of hydrogen-bond acceptors (Lipinski definition) is 6. The molecule has 0 bridgehead atoms. The number of amides is 1. The molecule has 3 N–H and O–H groups in total. The summed E-state index contributed by atoms with van der Waals surface area (Å²) in [6.45, 7) is 3.18. The van der Waals surface area contributed by atoms with Crippen molar-refractivity contribution in [2.24, 2.45) is 0 Å². The van der Waals surface area contributed by atoms with Crippen molar-refractivity contribution in [3.63, 3.8) is 0 Å². The molecule has 2 rings (SSSR count). The highest BCUT2D eigenvalue weighted by molar-refractivity contribution is 8.77. The molecule has 158 valence electrons. The first-order valence-electron chi connectivity index (χ1n) is 8.93. The molecule has 0 aromatic heterocycles. The van der Waals surface area contributed by atoms with Crippen LogP contribution in [0, 0.1) is 0 Å². The number of benzene rings is 1. The lowest BCUT2D eigenvalue weighted by atomic mass is 10.0. The molecular formula is C19H23ClN2O5S2. The summed E-state index contributed by atoms with van der Waals surface area (Å²) in [5.41, 5.74) is 1.77. The summed E-state index contributed by atoms with van der Waals surface area (Å²) in [5, 5.41) is 21.5. The molecule has 10 heteroatoms. The number of hydrogen-bond donors (Lipinski definition) is 3. The van der Waals surface area contributed by atoms with E-state index in [9.17, 15) is 24.6 Å².